The van der Waals surface area contributed by atoms with E-state index in [1.165, 1.54) is 30.5 Å². The molecular formula is C21H16ClN3O5S. The average molecular weight is 458 g/mol. The van der Waals surface area contributed by atoms with Gasteiger partial charge in [-0.1, -0.05) is 17.7 Å². The summed E-state index contributed by atoms with van der Waals surface area (Å²) in [4.78, 5) is 12.3. The number of rotatable bonds is 6. The van der Waals surface area contributed by atoms with Gasteiger partial charge in [-0.2, -0.15) is 5.10 Å². The molecule has 0 atom stereocenters. The molecule has 0 saturated heterocycles. The highest BCUT2D eigenvalue weighted by Gasteiger charge is 2.17. The van der Waals surface area contributed by atoms with Crippen molar-refractivity contribution in [2.75, 3.05) is 11.5 Å². The van der Waals surface area contributed by atoms with Crippen LogP contribution in [-0.4, -0.2) is 27.3 Å². The molecule has 0 bridgehead atoms. The Morgan fingerprint density at radius 2 is 1.77 bits per heavy atom. The molecule has 0 unspecified atom stereocenters. The molecule has 0 aliphatic carbocycles. The second-order valence-corrected chi connectivity index (χ2v) is 8.57. The molecule has 8 nitrogen and oxygen atoms in total. The summed E-state index contributed by atoms with van der Waals surface area (Å²) in [5.74, 6) is 0.688. The Bertz CT molecular complexity index is 1260. The fourth-order valence-corrected chi connectivity index (χ4v) is 3.99. The number of carbonyl (C=O) groups excluding carboxylic acids is 1. The van der Waals surface area contributed by atoms with Crippen LogP contribution in [0.3, 0.4) is 0 Å². The molecule has 158 valence electrons. The van der Waals surface area contributed by atoms with Gasteiger partial charge in [0, 0.05) is 16.3 Å². The number of nitrogens with zero attached hydrogens (tertiary/aromatic N) is 1. The van der Waals surface area contributed by atoms with E-state index in [-0.39, 0.29) is 17.3 Å². The summed E-state index contributed by atoms with van der Waals surface area (Å²) in [5, 5.41) is 4.40. The summed E-state index contributed by atoms with van der Waals surface area (Å²) < 4.78 is 38.2. The maximum Gasteiger partial charge on any atom is 0.271 e. The van der Waals surface area contributed by atoms with E-state index in [0.29, 0.717) is 27.8 Å². The zero-order valence-corrected chi connectivity index (χ0v) is 17.5. The Labute approximate surface area is 183 Å². The first-order chi connectivity index (χ1) is 14.9. The average Bonchev–Trinajstić information content (AvgIpc) is 3.23. The lowest BCUT2D eigenvalue weighted by molar-refractivity contribution is 0.0955. The zero-order chi connectivity index (χ0) is 21.8. The Morgan fingerprint density at radius 3 is 2.58 bits per heavy atom. The number of fused-ring (bicyclic) bond motifs is 1. The van der Waals surface area contributed by atoms with E-state index in [1.807, 2.05) is 0 Å². The van der Waals surface area contributed by atoms with Gasteiger partial charge in [-0.05, 0) is 66.2 Å². The summed E-state index contributed by atoms with van der Waals surface area (Å²) in [6, 6.07) is 17.1. The van der Waals surface area contributed by atoms with Crippen LogP contribution in [0.1, 0.15) is 15.9 Å². The molecule has 1 amide bonds. The Balaban J connectivity index is 1.44. The fraction of sp³-hybridized carbons (Fsp3) is 0.0476. The summed E-state index contributed by atoms with van der Waals surface area (Å²) in [6.45, 7) is 0.165. The van der Waals surface area contributed by atoms with Crippen molar-refractivity contribution in [1.29, 1.82) is 0 Å². The van der Waals surface area contributed by atoms with E-state index in [2.05, 4.69) is 15.2 Å². The zero-order valence-electron chi connectivity index (χ0n) is 15.9. The van der Waals surface area contributed by atoms with E-state index in [9.17, 15) is 13.2 Å². The highest BCUT2D eigenvalue weighted by atomic mass is 35.5. The van der Waals surface area contributed by atoms with E-state index >= 15 is 0 Å². The minimum atomic E-state index is -3.89. The summed E-state index contributed by atoms with van der Waals surface area (Å²) in [6.07, 6.45) is 1.45. The van der Waals surface area contributed by atoms with Gasteiger partial charge in [0.25, 0.3) is 15.9 Å². The summed E-state index contributed by atoms with van der Waals surface area (Å²) in [7, 11) is -3.89. The third-order valence-electron chi connectivity index (χ3n) is 4.28. The van der Waals surface area contributed by atoms with Gasteiger partial charge < -0.3 is 9.47 Å². The number of ether oxygens (including phenoxy) is 2. The first kappa shape index (κ1) is 20.7. The number of nitrogens with one attached hydrogen (secondary N) is 2. The molecule has 2 N–H and O–H groups in total. The van der Waals surface area contributed by atoms with E-state index in [1.54, 1.807) is 42.5 Å². The lowest BCUT2D eigenvalue weighted by Crippen LogP contribution is -2.19. The van der Waals surface area contributed by atoms with Crippen LogP contribution in [0.4, 0.5) is 5.69 Å². The first-order valence-electron chi connectivity index (χ1n) is 9.02. The topological polar surface area (TPSA) is 106 Å². The van der Waals surface area contributed by atoms with E-state index in [0.717, 1.165) is 0 Å². The third-order valence-corrected chi connectivity index (χ3v) is 5.91. The van der Waals surface area contributed by atoms with Crippen molar-refractivity contribution in [1.82, 2.24) is 5.43 Å². The van der Waals surface area contributed by atoms with Gasteiger partial charge in [0.1, 0.15) is 0 Å². The first-order valence-corrected chi connectivity index (χ1v) is 10.9. The van der Waals surface area contributed by atoms with Crippen LogP contribution in [0, 0.1) is 0 Å². The molecule has 3 aromatic rings. The molecular weight excluding hydrogens is 442 g/mol. The van der Waals surface area contributed by atoms with E-state index in [4.69, 9.17) is 21.1 Å². The van der Waals surface area contributed by atoms with Crippen LogP contribution >= 0.6 is 11.6 Å². The van der Waals surface area contributed by atoms with Crippen LogP contribution in [0.15, 0.2) is 76.7 Å². The van der Waals surface area contributed by atoms with Gasteiger partial charge in [-0.25, -0.2) is 13.8 Å². The van der Waals surface area contributed by atoms with Crippen molar-refractivity contribution in [2.45, 2.75) is 4.90 Å². The number of hydrazone groups is 1. The Kier molecular flexibility index (Phi) is 5.79. The maximum absolute atomic E-state index is 12.6. The molecule has 3 aromatic carbocycles. The standard InChI is InChI=1S/C21H16ClN3O5S/c22-16-5-7-17(8-6-16)25-31(27,28)18-3-1-2-15(11-18)21(26)24-23-12-14-4-9-19-20(10-14)30-13-29-19/h1-12,25H,13H2,(H,24,26). The number of amides is 1. The van der Waals surface area contributed by atoms with Gasteiger partial charge in [-0.15, -0.1) is 0 Å². The molecule has 0 fully saturated rings. The van der Waals surface area contributed by atoms with Gasteiger partial charge in [-0.3, -0.25) is 9.52 Å². The van der Waals surface area contributed by atoms with Crippen LogP contribution < -0.4 is 19.6 Å². The number of halogens is 1. The van der Waals surface area contributed by atoms with Crippen molar-refractivity contribution in [3.8, 4) is 11.5 Å². The number of benzene rings is 3. The van der Waals surface area contributed by atoms with Gasteiger partial charge >= 0.3 is 0 Å². The number of hydrogen-bond donors (Lipinski definition) is 2. The largest absolute Gasteiger partial charge is 0.454 e. The third kappa shape index (κ3) is 4.96. The van der Waals surface area contributed by atoms with Crippen molar-refractivity contribution in [3.63, 3.8) is 0 Å². The second kappa shape index (κ2) is 8.66. The smallest absolute Gasteiger partial charge is 0.271 e. The number of carbonyl (C=O) groups is 1. The molecule has 4 rings (SSSR count). The summed E-state index contributed by atoms with van der Waals surface area (Å²) in [5.41, 5.74) is 3.58. The molecule has 31 heavy (non-hydrogen) atoms. The quantitative estimate of drug-likeness (QED) is 0.434. The molecule has 1 aliphatic rings. The van der Waals surface area contributed by atoms with Crippen LogP contribution in [0.5, 0.6) is 11.5 Å². The van der Waals surface area contributed by atoms with Gasteiger partial charge in [0.15, 0.2) is 11.5 Å². The Morgan fingerprint density at radius 1 is 1.00 bits per heavy atom. The SMILES string of the molecule is O=C(NN=Cc1ccc2c(c1)OCO2)c1cccc(S(=O)(=O)Nc2ccc(Cl)cc2)c1. The summed E-state index contributed by atoms with van der Waals surface area (Å²) >= 11 is 5.82. The number of anilines is 1. The highest BCUT2D eigenvalue weighted by molar-refractivity contribution is 7.92. The van der Waals surface area contributed by atoms with Crippen LogP contribution in [0.2, 0.25) is 5.02 Å². The molecule has 0 radical (unpaired) electrons. The fourth-order valence-electron chi connectivity index (χ4n) is 2.76. The minimum Gasteiger partial charge on any atom is -0.454 e. The number of sulfonamides is 1. The minimum absolute atomic E-state index is 0.0603. The lowest BCUT2D eigenvalue weighted by Gasteiger charge is -2.09. The lowest BCUT2D eigenvalue weighted by atomic mass is 10.2. The number of hydrogen-bond acceptors (Lipinski definition) is 6. The second-order valence-electron chi connectivity index (χ2n) is 6.45. The molecule has 1 aliphatic heterocycles. The maximum atomic E-state index is 12.6. The predicted molar refractivity (Wildman–Crippen MR) is 116 cm³/mol. The van der Waals surface area contributed by atoms with Gasteiger partial charge in [0.2, 0.25) is 6.79 Å². The van der Waals surface area contributed by atoms with Crippen molar-refractivity contribution >= 4 is 39.4 Å². The van der Waals surface area contributed by atoms with Gasteiger partial charge in [0.05, 0.1) is 11.1 Å². The van der Waals surface area contributed by atoms with Crippen molar-refractivity contribution in [2.24, 2.45) is 5.10 Å². The van der Waals surface area contributed by atoms with Crippen molar-refractivity contribution < 1.29 is 22.7 Å². The monoisotopic (exact) mass is 457 g/mol. The normalized spacial score (nSPS) is 12.7. The predicted octanol–water partition coefficient (Wildman–Crippen LogP) is 3.63. The molecule has 10 heteroatoms. The Hall–Kier alpha value is -3.56. The highest BCUT2D eigenvalue weighted by Crippen LogP contribution is 2.32. The molecule has 1 heterocycles. The van der Waals surface area contributed by atoms with Crippen LogP contribution in [-0.2, 0) is 10.0 Å². The van der Waals surface area contributed by atoms with E-state index < -0.39 is 15.9 Å². The molecule has 0 saturated carbocycles. The molecule has 0 aromatic heterocycles. The van der Waals surface area contributed by atoms with Crippen molar-refractivity contribution in [3.05, 3.63) is 82.9 Å². The van der Waals surface area contributed by atoms with Crippen LogP contribution in [0.25, 0.3) is 0 Å². The molecule has 0 spiro atoms.